The van der Waals surface area contributed by atoms with Gasteiger partial charge in [-0.25, -0.2) is 0 Å². The zero-order valence-corrected chi connectivity index (χ0v) is 15.7. The monoisotopic (exact) mass is 352 g/mol. The molecular weight excluding hydrogens is 324 g/mol. The summed E-state index contributed by atoms with van der Waals surface area (Å²) < 4.78 is 0. The first-order valence-corrected chi connectivity index (χ1v) is 9.37. The van der Waals surface area contributed by atoms with E-state index < -0.39 is 0 Å². The number of aryl methyl sites for hydroxylation is 1. The van der Waals surface area contributed by atoms with E-state index in [9.17, 15) is 4.79 Å². The van der Waals surface area contributed by atoms with Crippen LogP contribution in [0.1, 0.15) is 29.7 Å². The van der Waals surface area contributed by atoms with Crippen molar-refractivity contribution in [1.29, 1.82) is 0 Å². The van der Waals surface area contributed by atoms with Gasteiger partial charge in [-0.2, -0.15) is 0 Å². The summed E-state index contributed by atoms with van der Waals surface area (Å²) in [6.07, 6.45) is 3.55. The Balaban J connectivity index is 1.70. The number of carbonyl (C=O) groups is 1. The SMILES string of the molecule is CCN1CCN(CC(=O)N[C@H](c2ccncc2)c2ccccc2C)CC1. The average molecular weight is 352 g/mol. The molecule has 1 aromatic carbocycles. The largest absolute Gasteiger partial charge is 0.344 e. The molecule has 0 unspecified atom stereocenters. The van der Waals surface area contributed by atoms with E-state index in [2.05, 4.69) is 46.1 Å². The number of amides is 1. The molecule has 138 valence electrons. The number of nitrogens with one attached hydrogen (secondary N) is 1. The minimum Gasteiger partial charge on any atom is -0.344 e. The summed E-state index contributed by atoms with van der Waals surface area (Å²) in [5.74, 6) is 0.0695. The third-order valence-corrected chi connectivity index (χ3v) is 5.12. The fraction of sp³-hybridized carbons (Fsp3) is 0.429. The maximum atomic E-state index is 12.7. The molecule has 1 atom stereocenters. The number of hydrogen-bond donors (Lipinski definition) is 1. The zero-order chi connectivity index (χ0) is 18.4. The second-order valence-corrected chi connectivity index (χ2v) is 6.85. The Morgan fingerprint density at radius 1 is 1.08 bits per heavy atom. The van der Waals surface area contributed by atoms with Crippen molar-refractivity contribution in [3.63, 3.8) is 0 Å². The molecule has 1 aromatic heterocycles. The third kappa shape index (κ3) is 4.68. The minimum atomic E-state index is -0.149. The van der Waals surface area contributed by atoms with Gasteiger partial charge in [0.1, 0.15) is 0 Å². The maximum absolute atomic E-state index is 12.7. The molecule has 0 spiro atoms. The van der Waals surface area contributed by atoms with Crippen LogP contribution in [0.25, 0.3) is 0 Å². The highest BCUT2D eigenvalue weighted by Gasteiger charge is 2.22. The topological polar surface area (TPSA) is 48.5 Å². The Morgan fingerprint density at radius 2 is 1.73 bits per heavy atom. The van der Waals surface area contributed by atoms with E-state index in [0.717, 1.165) is 43.9 Å². The van der Waals surface area contributed by atoms with Crippen molar-refractivity contribution >= 4 is 5.91 Å². The number of nitrogens with zero attached hydrogens (tertiary/aromatic N) is 3. The smallest absolute Gasteiger partial charge is 0.234 e. The highest BCUT2D eigenvalue weighted by molar-refractivity contribution is 5.79. The molecule has 1 fully saturated rings. The van der Waals surface area contributed by atoms with Gasteiger partial charge in [0.05, 0.1) is 12.6 Å². The predicted octanol–water partition coefficient (Wildman–Crippen LogP) is 2.23. The number of hydrogen-bond acceptors (Lipinski definition) is 4. The Morgan fingerprint density at radius 3 is 2.38 bits per heavy atom. The molecule has 1 amide bonds. The molecule has 1 aliphatic rings. The van der Waals surface area contributed by atoms with Crippen molar-refractivity contribution in [2.24, 2.45) is 0 Å². The van der Waals surface area contributed by atoms with Crippen LogP contribution in [-0.4, -0.2) is 60.0 Å². The number of rotatable bonds is 6. The van der Waals surface area contributed by atoms with Crippen LogP contribution in [0.5, 0.6) is 0 Å². The zero-order valence-electron chi connectivity index (χ0n) is 15.7. The van der Waals surface area contributed by atoms with E-state index in [0.29, 0.717) is 6.54 Å². The Kier molecular flexibility index (Phi) is 6.36. The number of benzene rings is 1. The number of pyridine rings is 1. The molecule has 0 aliphatic carbocycles. The van der Waals surface area contributed by atoms with Crippen LogP contribution < -0.4 is 5.32 Å². The Bertz CT molecular complexity index is 711. The van der Waals surface area contributed by atoms with Crippen molar-refractivity contribution in [2.45, 2.75) is 19.9 Å². The molecule has 5 heteroatoms. The first kappa shape index (κ1) is 18.5. The molecule has 1 aliphatic heterocycles. The summed E-state index contributed by atoms with van der Waals surface area (Å²) in [6, 6.07) is 12.0. The second kappa shape index (κ2) is 8.92. The summed E-state index contributed by atoms with van der Waals surface area (Å²) in [5.41, 5.74) is 3.35. The van der Waals surface area contributed by atoms with Crippen molar-refractivity contribution in [3.05, 3.63) is 65.5 Å². The lowest BCUT2D eigenvalue weighted by Crippen LogP contribution is -2.49. The summed E-state index contributed by atoms with van der Waals surface area (Å²) >= 11 is 0. The van der Waals surface area contributed by atoms with E-state index >= 15 is 0 Å². The van der Waals surface area contributed by atoms with Gasteiger partial charge in [0.15, 0.2) is 0 Å². The summed E-state index contributed by atoms with van der Waals surface area (Å²) in [5, 5.41) is 3.24. The minimum absolute atomic E-state index is 0.0695. The molecule has 0 radical (unpaired) electrons. The third-order valence-electron chi connectivity index (χ3n) is 5.12. The van der Waals surface area contributed by atoms with E-state index in [1.165, 1.54) is 5.56 Å². The Hall–Kier alpha value is -2.24. The van der Waals surface area contributed by atoms with Crippen LogP contribution in [0.15, 0.2) is 48.8 Å². The molecule has 26 heavy (non-hydrogen) atoms. The lowest BCUT2D eigenvalue weighted by atomic mass is 9.95. The van der Waals surface area contributed by atoms with Crippen LogP contribution >= 0.6 is 0 Å². The quantitative estimate of drug-likeness (QED) is 0.866. The first-order valence-electron chi connectivity index (χ1n) is 9.37. The lowest BCUT2D eigenvalue weighted by Gasteiger charge is -2.34. The highest BCUT2D eigenvalue weighted by atomic mass is 16.2. The highest BCUT2D eigenvalue weighted by Crippen LogP contribution is 2.24. The van der Waals surface area contributed by atoms with Gasteiger partial charge in [0.25, 0.3) is 0 Å². The maximum Gasteiger partial charge on any atom is 0.234 e. The summed E-state index contributed by atoms with van der Waals surface area (Å²) in [4.78, 5) is 21.5. The normalized spacial score (nSPS) is 17.0. The molecule has 1 saturated heterocycles. The number of likely N-dealkylation sites (N-methyl/N-ethyl adjacent to an activating group) is 1. The van der Waals surface area contributed by atoms with Crippen LogP contribution in [-0.2, 0) is 4.79 Å². The fourth-order valence-electron chi connectivity index (χ4n) is 3.48. The molecule has 0 bridgehead atoms. The van der Waals surface area contributed by atoms with Gasteiger partial charge < -0.3 is 10.2 Å². The van der Waals surface area contributed by atoms with Gasteiger partial charge in [0.2, 0.25) is 5.91 Å². The van der Waals surface area contributed by atoms with Crippen molar-refractivity contribution in [3.8, 4) is 0 Å². The van der Waals surface area contributed by atoms with Crippen molar-refractivity contribution in [1.82, 2.24) is 20.1 Å². The van der Waals surface area contributed by atoms with Crippen LogP contribution in [0, 0.1) is 6.92 Å². The molecule has 0 saturated carbocycles. The lowest BCUT2D eigenvalue weighted by molar-refractivity contribution is -0.123. The van der Waals surface area contributed by atoms with Gasteiger partial charge in [-0.15, -0.1) is 0 Å². The summed E-state index contributed by atoms with van der Waals surface area (Å²) in [6.45, 7) is 9.77. The van der Waals surface area contributed by atoms with Crippen LogP contribution in [0.2, 0.25) is 0 Å². The van der Waals surface area contributed by atoms with Crippen LogP contribution in [0.3, 0.4) is 0 Å². The van der Waals surface area contributed by atoms with Crippen LogP contribution in [0.4, 0.5) is 0 Å². The van der Waals surface area contributed by atoms with Gasteiger partial charge in [-0.05, 0) is 42.3 Å². The number of piperazine rings is 1. The fourth-order valence-corrected chi connectivity index (χ4v) is 3.48. The van der Waals surface area contributed by atoms with E-state index in [-0.39, 0.29) is 11.9 Å². The summed E-state index contributed by atoms with van der Waals surface area (Å²) in [7, 11) is 0. The van der Waals surface area contributed by atoms with Crippen molar-refractivity contribution < 1.29 is 4.79 Å². The molecule has 1 N–H and O–H groups in total. The molecule has 2 heterocycles. The van der Waals surface area contributed by atoms with Gasteiger partial charge in [0, 0.05) is 38.6 Å². The molecule has 5 nitrogen and oxygen atoms in total. The Labute approximate surface area is 156 Å². The van der Waals surface area contributed by atoms with Crippen molar-refractivity contribution in [2.75, 3.05) is 39.3 Å². The average Bonchev–Trinajstić information content (AvgIpc) is 2.68. The first-order chi connectivity index (χ1) is 12.7. The second-order valence-electron chi connectivity index (χ2n) is 6.85. The number of carbonyl (C=O) groups excluding carboxylic acids is 1. The molecule has 3 rings (SSSR count). The predicted molar refractivity (Wildman–Crippen MR) is 104 cm³/mol. The van der Waals surface area contributed by atoms with E-state index in [1.807, 2.05) is 24.3 Å². The number of aromatic nitrogens is 1. The van der Waals surface area contributed by atoms with E-state index in [1.54, 1.807) is 12.4 Å². The standard InChI is InChI=1S/C21H28N4O/c1-3-24-12-14-25(15-13-24)16-20(26)23-21(18-8-10-22-11-9-18)19-7-5-4-6-17(19)2/h4-11,21H,3,12-16H2,1-2H3,(H,23,26)/t21-/m1/s1. The van der Waals surface area contributed by atoms with Gasteiger partial charge >= 0.3 is 0 Å². The van der Waals surface area contributed by atoms with Gasteiger partial charge in [-0.1, -0.05) is 31.2 Å². The molecular formula is C21H28N4O. The molecule has 2 aromatic rings. The van der Waals surface area contributed by atoms with E-state index in [4.69, 9.17) is 0 Å². The van der Waals surface area contributed by atoms with Gasteiger partial charge in [-0.3, -0.25) is 14.7 Å².